The number of unbranched alkanes of at least 4 members (excludes halogenated alkanes) is 1. The zero-order chi connectivity index (χ0) is 15.1. The third-order valence-corrected chi connectivity index (χ3v) is 4.33. The van der Waals surface area contributed by atoms with Gasteiger partial charge in [0.05, 0.1) is 0 Å². The molecule has 0 aromatic heterocycles. The molecule has 21 heavy (non-hydrogen) atoms. The van der Waals surface area contributed by atoms with Gasteiger partial charge in [0.2, 0.25) is 0 Å². The summed E-state index contributed by atoms with van der Waals surface area (Å²) in [6, 6.07) is 0. The Bertz CT molecular complexity index is 322. The molecule has 0 fully saturated rings. The fourth-order valence-corrected chi connectivity index (χ4v) is 3.55. The van der Waals surface area contributed by atoms with Crippen molar-refractivity contribution < 1.29 is 28.7 Å². The van der Waals surface area contributed by atoms with Crippen LogP contribution in [-0.4, -0.2) is 33.8 Å². The maximum absolute atomic E-state index is 11.0. The number of nitrogens with zero attached hydrogens (tertiary/aromatic N) is 1. The van der Waals surface area contributed by atoms with Gasteiger partial charge in [0.1, 0.15) is 6.29 Å². The molecule has 0 heterocycles. The van der Waals surface area contributed by atoms with Crippen LogP contribution in [0.5, 0.6) is 0 Å². The lowest BCUT2D eigenvalue weighted by atomic mass is 9.99. The minimum absolute atomic E-state index is 0. The van der Waals surface area contributed by atoms with Crippen molar-refractivity contribution in [3.05, 3.63) is 0 Å². The minimum atomic E-state index is -4.82. The van der Waals surface area contributed by atoms with E-state index in [9.17, 15) is 18.9 Å². The van der Waals surface area contributed by atoms with Crippen LogP contribution >= 0.6 is 15.2 Å². The number of rotatable bonds is 10. The Hall–Kier alpha value is 0.180. The van der Waals surface area contributed by atoms with E-state index in [1.165, 1.54) is 0 Å². The number of hydrogen-bond acceptors (Lipinski definition) is 5. The molecule has 132 valence electrons. The first-order valence-corrected chi connectivity index (χ1v) is 9.88. The van der Waals surface area contributed by atoms with Crippen molar-refractivity contribution in [2.75, 3.05) is 19.1 Å². The van der Waals surface area contributed by atoms with E-state index in [-0.39, 0.29) is 24.8 Å². The standard InChI is InChI=1S/C10H25NO6P2.2H3N/c1-3-5-6-10(4-2)7-11(8-18(12,13)14)9-19(15,16)17;;/h10H,3-9H2,1-2H3,(H2,12,13,14)(H2,15,16,17);2*1H3. The van der Waals surface area contributed by atoms with Crippen molar-refractivity contribution in [3.8, 4) is 0 Å². The first-order valence-electron chi connectivity index (χ1n) is 6.35. The van der Waals surface area contributed by atoms with Gasteiger partial charge < -0.3 is 36.4 Å². The molecule has 0 spiro atoms. The molecular weight excluding hydrogens is 320 g/mol. The first-order chi connectivity index (χ1) is 8.57. The summed E-state index contributed by atoms with van der Waals surface area (Å²) >= 11 is 0. The Morgan fingerprint density at radius 3 is 1.95 bits per heavy atom. The Kier molecular flexibility index (Phi) is 14.6. The molecule has 11 heteroatoms. The van der Waals surface area contributed by atoms with Gasteiger partial charge in [-0.15, -0.1) is 0 Å². The second-order valence-corrected chi connectivity index (χ2v) is 7.95. The van der Waals surface area contributed by atoms with Crippen LogP contribution < -0.4 is 22.1 Å². The third-order valence-electron chi connectivity index (χ3n) is 2.82. The van der Waals surface area contributed by atoms with Gasteiger partial charge >= 0.3 is 7.60 Å². The molecule has 0 aliphatic rings. The zero-order valence-electron chi connectivity index (χ0n) is 13.4. The van der Waals surface area contributed by atoms with E-state index in [4.69, 9.17) is 9.79 Å². The second-order valence-electron chi connectivity index (χ2n) is 4.83. The van der Waals surface area contributed by atoms with Crippen molar-refractivity contribution in [2.45, 2.75) is 39.5 Å². The quantitative estimate of drug-likeness (QED) is 0.424. The molecule has 1 atom stereocenters. The lowest BCUT2D eigenvalue weighted by Gasteiger charge is -2.37. The van der Waals surface area contributed by atoms with Crippen LogP contribution in [0.2, 0.25) is 0 Å². The molecule has 0 aliphatic heterocycles. The fourth-order valence-electron chi connectivity index (χ4n) is 1.95. The van der Waals surface area contributed by atoms with Crippen LogP contribution in [0.3, 0.4) is 0 Å². The molecule has 0 aromatic rings. The average Bonchev–Trinajstić information content (AvgIpc) is 2.19. The Balaban J connectivity index is -0.00000162. The molecule has 0 bridgehead atoms. The van der Waals surface area contributed by atoms with Crippen molar-refractivity contribution in [1.29, 1.82) is 0 Å². The normalized spacial score (nSPS) is 13.5. The van der Waals surface area contributed by atoms with E-state index in [0.29, 0.717) is 0 Å². The van der Waals surface area contributed by atoms with E-state index >= 15 is 0 Å². The highest BCUT2D eigenvalue weighted by molar-refractivity contribution is 7.51. The summed E-state index contributed by atoms with van der Waals surface area (Å²) in [5.41, 5.74) is 0. The first kappa shape index (κ1) is 26.1. The summed E-state index contributed by atoms with van der Waals surface area (Å²) < 4.78 is 21.8. The van der Waals surface area contributed by atoms with E-state index in [0.717, 1.165) is 30.6 Å². The van der Waals surface area contributed by atoms with E-state index in [1.807, 2.05) is 13.8 Å². The van der Waals surface area contributed by atoms with Crippen molar-refractivity contribution in [2.24, 2.45) is 5.92 Å². The van der Waals surface area contributed by atoms with Gasteiger partial charge in [-0.1, -0.05) is 40.7 Å². The van der Waals surface area contributed by atoms with Crippen molar-refractivity contribution in [3.63, 3.8) is 0 Å². The lowest BCUT2D eigenvalue weighted by molar-refractivity contribution is -0.315. The highest BCUT2D eigenvalue weighted by atomic mass is 31.2. The molecule has 1 unspecified atom stereocenters. The monoisotopic (exact) mass is 351 g/mol. The SMILES string of the molecule is CCCCC(CC)CN(CP(=O)([O-])[O-])CP(=O)(O)O.[NH4+].[NH4+]. The zero-order valence-corrected chi connectivity index (χ0v) is 15.2. The molecule has 0 saturated carbocycles. The summed E-state index contributed by atoms with van der Waals surface area (Å²) in [6.07, 6.45) is 2.07. The van der Waals surface area contributed by atoms with Gasteiger partial charge in [0.25, 0.3) is 0 Å². The maximum atomic E-state index is 11.0. The molecule has 0 amide bonds. The molecular formula is C10H31N3O6P2. The molecule has 0 saturated heterocycles. The average molecular weight is 351 g/mol. The molecule has 0 aromatic carbocycles. The van der Waals surface area contributed by atoms with Gasteiger partial charge in [-0.05, 0) is 12.3 Å². The summed E-state index contributed by atoms with van der Waals surface area (Å²) in [4.78, 5) is 40.5. The highest BCUT2D eigenvalue weighted by Gasteiger charge is 2.22. The van der Waals surface area contributed by atoms with Crippen LogP contribution in [0.15, 0.2) is 0 Å². The Morgan fingerprint density at radius 2 is 1.62 bits per heavy atom. The summed E-state index contributed by atoms with van der Waals surface area (Å²) in [7, 11) is -9.19. The molecule has 10 N–H and O–H groups in total. The lowest BCUT2D eigenvalue weighted by Crippen LogP contribution is -2.35. The van der Waals surface area contributed by atoms with Crippen molar-refractivity contribution in [1.82, 2.24) is 17.2 Å². The van der Waals surface area contributed by atoms with E-state index in [2.05, 4.69) is 0 Å². The second kappa shape index (κ2) is 11.7. The number of quaternary nitrogens is 2. The molecule has 9 nitrogen and oxygen atoms in total. The van der Waals surface area contributed by atoms with Crippen LogP contribution in [0.25, 0.3) is 0 Å². The van der Waals surface area contributed by atoms with Crippen LogP contribution in [0, 0.1) is 5.92 Å². The molecule has 0 rings (SSSR count). The predicted molar refractivity (Wildman–Crippen MR) is 81.4 cm³/mol. The van der Waals surface area contributed by atoms with Crippen LogP contribution in [0.1, 0.15) is 39.5 Å². The van der Waals surface area contributed by atoms with Gasteiger partial charge in [0.15, 0.2) is 0 Å². The fraction of sp³-hybridized carbons (Fsp3) is 1.00. The van der Waals surface area contributed by atoms with Gasteiger partial charge in [0, 0.05) is 12.8 Å². The van der Waals surface area contributed by atoms with E-state index in [1.54, 1.807) is 0 Å². The predicted octanol–water partition coefficient (Wildman–Crippen LogP) is 1.26. The van der Waals surface area contributed by atoms with Crippen LogP contribution in [0.4, 0.5) is 0 Å². The Morgan fingerprint density at radius 1 is 1.10 bits per heavy atom. The molecule has 0 radical (unpaired) electrons. The highest BCUT2D eigenvalue weighted by Crippen LogP contribution is 2.38. The topological polar surface area (TPSA) is 197 Å². The summed E-state index contributed by atoms with van der Waals surface area (Å²) in [6.45, 7) is 4.18. The summed E-state index contributed by atoms with van der Waals surface area (Å²) in [5.74, 6) is 0.137. The smallest absolute Gasteiger partial charge is 0.339 e. The minimum Gasteiger partial charge on any atom is -0.810 e. The van der Waals surface area contributed by atoms with E-state index < -0.39 is 27.8 Å². The maximum Gasteiger partial charge on any atom is 0.339 e. The van der Waals surface area contributed by atoms with Crippen molar-refractivity contribution >= 4 is 15.2 Å². The van der Waals surface area contributed by atoms with Gasteiger partial charge in [-0.2, -0.15) is 0 Å². The summed E-state index contributed by atoms with van der Waals surface area (Å²) in [5, 5.41) is 0. The van der Waals surface area contributed by atoms with Gasteiger partial charge in [-0.25, -0.2) is 0 Å². The largest absolute Gasteiger partial charge is 0.810 e. The molecule has 0 aliphatic carbocycles. The van der Waals surface area contributed by atoms with Crippen LogP contribution in [-0.2, 0) is 9.13 Å². The Labute approximate surface area is 126 Å². The number of hydrogen-bond donors (Lipinski definition) is 4. The van der Waals surface area contributed by atoms with Gasteiger partial charge in [-0.3, -0.25) is 9.46 Å². The third kappa shape index (κ3) is 16.4.